The largest absolute Gasteiger partial charge is 0.508 e. The highest BCUT2D eigenvalue weighted by molar-refractivity contribution is 6.24. The minimum atomic E-state index is -4.90. The number of ketones is 2. The van der Waals surface area contributed by atoms with Crippen molar-refractivity contribution in [1.82, 2.24) is 9.80 Å². The van der Waals surface area contributed by atoms with Crippen LogP contribution in [-0.2, 0) is 33.5 Å². The number of alkyl halides is 3. The molecule has 5 atom stereocenters. The Kier molecular flexibility index (Phi) is 8.28. The number of likely N-dealkylation sites (N-methyl/N-ethyl adjacent to an activating group) is 1. The van der Waals surface area contributed by atoms with Gasteiger partial charge < -0.3 is 26.2 Å². The Balaban J connectivity index is 1.96. The van der Waals surface area contributed by atoms with E-state index in [0.717, 1.165) is 6.07 Å². The summed E-state index contributed by atoms with van der Waals surface area (Å²) in [6.45, 7) is 9.91. The number of fused-ring (bicyclic) bond motifs is 3. The summed E-state index contributed by atoms with van der Waals surface area (Å²) in [4.78, 5) is 42.5. The molecule has 0 heterocycles. The minimum absolute atomic E-state index is 0.141. The van der Waals surface area contributed by atoms with Crippen LogP contribution in [-0.4, -0.2) is 86.0 Å². The highest BCUT2D eigenvalue weighted by atomic mass is 19.4. The molecule has 0 spiro atoms. The lowest BCUT2D eigenvalue weighted by molar-refractivity contribution is -0.153. The lowest BCUT2D eigenvalue weighted by atomic mass is 9.57. The number of hydrogen-bond donors (Lipinski definition) is 5. The van der Waals surface area contributed by atoms with Gasteiger partial charge in [-0.05, 0) is 68.9 Å². The van der Waals surface area contributed by atoms with Crippen molar-refractivity contribution in [2.75, 3.05) is 20.6 Å². The molecule has 1 aromatic rings. The van der Waals surface area contributed by atoms with E-state index in [1.807, 2.05) is 39.5 Å². The topological polar surface area (TPSA) is 165 Å². The molecule has 13 heteroatoms. The number of amides is 1. The van der Waals surface area contributed by atoms with Crippen molar-refractivity contribution in [1.29, 1.82) is 0 Å². The van der Waals surface area contributed by atoms with Crippen LogP contribution in [0.3, 0.4) is 0 Å². The van der Waals surface area contributed by atoms with E-state index in [4.69, 9.17) is 5.73 Å². The summed E-state index contributed by atoms with van der Waals surface area (Å²) in [5.74, 6) is -9.04. The molecule has 242 valence electrons. The zero-order valence-electron chi connectivity index (χ0n) is 25.8. The maximum absolute atomic E-state index is 14.9. The number of benzene rings is 1. The van der Waals surface area contributed by atoms with Crippen LogP contribution in [0.25, 0.3) is 5.76 Å². The van der Waals surface area contributed by atoms with Crippen LogP contribution in [0.1, 0.15) is 63.3 Å². The Labute approximate surface area is 253 Å². The first kappa shape index (κ1) is 33.5. The molecule has 0 unspecified atom stereocenters. The number of phenols is 1. The standard InChI is InChI=1S/C31H40F3N3O7/c1-8-37(13(2)29(3,4)5)12-15-11-18(38)20-16(22(15)31(32,33)34)9-14-10-17-23(36(6)7)25(40)21(28(35)43)27(42)30(17,44)26(41)19(14)24(20)39/h11,13-14,17,23,38-39,42,44H,8-10,12H2,1-7H3,(H2,35,43)/t13-,14+,17+,23+,30+/m1/s1. The summed E-state index contributed by atoms with van der Waals surface area (Å²) in [6.07, 6.45) is -5.67. The second-order valence-corrected chi connectivity index (χ2v) is 13.3. The monoisotopic (exact) mass is 623 g/mol. The van der Waals surface area contributed by atoms with E-state index in [0.29, 0.717) is 6.54 Å². The fourth-order valence-corrected chi connectivity index (χ4v) is 7.15. The summed E-state index contributed by atoms with van der Waals surface area (Å²) in [7, 11) is 2.88. The average Bonchev–Trinajstić information content (AvgIpc) is 2.87. The summed E-state index contributed by atoms with van der Waals surface area (Å²) < 4.78 is 44.6. The van der Waals surface area contributed by atoms with Crippen LogP contribution in [0.2, 0.25) is 0 Å². The number of carbonyl (C=O) groups excluding carboxylic acids is 3. The highest BCUT2D eigenvalue weighted by Gasteiger charge is 2.64. The molecule has 4 rings (SSSR count). The summed E-state index contributed by atoms with van der Waals surface area (Å²) in [6, 6.07) is -0.546. The predicted molar refractivity (Wildman–Crippen MR) is 154 cm³/mol. The van der Waals surface area contributed by atoms with Crippen molar-refractivity contribution in [3.05, 3.63) is 45.2 Å². The minimum Gasteiger partial charge on any atom is -0.508 e. The van der Waals surface area contributed by atoms with Gasteiger partial charge in [0.25, 0.3) is 5.91 Å². The first-order chi connectivity index (χ1) is 20.1. The van der Waals surface area contributed by atoms with Gasteiger partial charge in [-0.25, -0.2) is 0 Å². The molecular weight excluding hydrogens is 583 g/mol. The smallest absolute Gasteiger partial charge is 0.417 e. The van der Waals surface area contributed by atoms with Crippen molar-refractivity contribution in [3.8, 4) is 5.75 Å². The number of aliphatic hydroxyl groups excluding tert-OH is 2. The molecule has 0 bridgehead atoms. The molecule has 1 saturated carbocycles. The molecule has 0 radical (unpaired) electrons. The number of aliphatic hydroxyl groups is 3. The normalized spacial score (nSPS) is 26.6. The fourth-order valence-electron chi connectivity index (χ4n) is 7.15. The molecule has 10 nitrogen and oxygen atoms in total. The Morgan fingerprint density at radius 3 is 2.23 bits per heavy atom. The molecule has 0 aliphatic heterocycles. The molecule has 44 heavy (non-hydrogen) atoms. The van der Waals surface area contributed by atoms with Crippen LogP contribution >= 0.6 is 0 Å². The van der Waals surface area contributed by atoms with Gasteiger partial charge in [0, 0.05) is 24.1 Å². The first-order valence-corrected chi connectivity index (χ1v) is 14.4. The number of rotatable bonds is 6. The number of carbonyl (C=O) groups is 3. The molecule has 3 aliphatic carbocycles. The molecule has 3 aliphatic rings. The number of aromatic hydroxyl groups is 1. The quantitative estimate of drug-likeness (QED) is 0.299. The molecule has 1 amide bonds. The third-order valence-electron chi connectivity index (χ3n) is 9.67. The van der Waals surface area contributed by atoms with Gasteiger partial charge in [0.2, 0.25) is 5.78 Å². The molecule has 1 fully saturated rings. The average molecular weight is 624 g/mol. The van der Waals surface area contributed by atoms with Gasteiger partial charge in [0.05, 0.1) is 17.2 Å². The SMILES string of the molecule is CCN(Cc1cc(O)c2c(c1C(F)(F)F)C[C@H]1C[C@H]3[C@H](N(C)C)C(=O)C(C(N)=O)=C(O)[C@@]3(O)C(=O)C1=C2O)[C@H](C)C(C)(C)C. The molecule has 0 saturated heterocycles. The molecular formula is C31H40F3N3O7. The van der Waals surface area contributed by atoms with Gasteiger partial charge in [-0.1, -0.05) is 27.7 Å². The zero-order chi connectivity index (χ0) is 33.4. The van der Waals surface area contributed by atoms with Gasteiger partial charge in [-0.2, -0.15) is 13.2 Å². The van der Waals surface area contributed by atoms with Crippen LogP contribution in [0.15, 0.2) is 23.0 Å². The predicted octanol–water partition coefficient (Wildman–Crippen LogP) is 3.24. The van der Waals surface area contributed by atoms with Crippen molar-refractivity contribution in [3.63, 3.8) is 0 Å². The van der Waals surface area contributed by atoms with Gasteiger partial charge >= 0.3 is 6.18 Å². The zero-order valence-corrected chi connectivity index (χ0v) is 25.8. The maximum Gasteiger partial charge on any atom is 0.417 e. The van der Waals surface area contributed by atoms with Gasteiger partial charge in [0.15, 0.2) is 11.4 Å². The van der Waals surface area contributed by atoms with Crippen molar-refractivity contribution >= 4 is 23.2 Å². The Bertz CT molecular complexity index is 1490. The van der Waals surface area contributed by atoms with Gasteiger partial charge in [-0.3, -0.25) is 24.2 Å². The highest BCUT2D eigenvalue weighted by Crippen LogP contribution is 2.54. The fraction of sp³-hybridized carbons (Fsp3) is 0.581. The third kappa shape index (κ3) is 4.98. The van der Waals surface area contributed by atoms with Gasteiger partial charge in [0.1, 0.15) is 22.8 Å². The summed E-state index contributed by atoms with van der Waals surface area (Å²) >= 11 is 0. The number of nitrogens with zero attached hydrogens (tertiary/aromatic N) is 2. The van der Waals surface area contributed by atoms with E-state index < -0.39 is 98.7 Å². The molecule has 1 aromatic carbocycles. The second kappa shape index (κ2) is 10.9. The first-order valence-electron chi connectivity index (χ1n) is 14.4. The van der Waals surface area contributed by atoms with Gasteiger partial charge in [-0.15, -0.1) is 0 Å². The lowest BCUT2D eigenvalue weighted by Gasteiger charge is -2.50. The maximum atomic E-state index is 14.9. The van der Waals surface area contributed by atoms with Crippen molar-refractivity contribution in [2.24, 2.45) is 23.0 Å². The number of halogens is 3. The van der Waals surface area contributed by atoms with E-state index in [2.05, 4.69) is 0 Å². The van der Waals surface area contributed by atoms with Crippen LogP contribution in [0.4, 0.5) is 13.2 Å². The molecule has 6 N–H and O–H groups in total. The third-order valence-corrected chi connectivity index (χ3v) is 9.67. The van der Waals surface area contributed by atoms with E-state index >= 15 is 0 Å². The van der Waals surface area contributed by atoms with Crippen molar-refractivity contribution in [2.45, 2.75) is 77.9 Å². The van der Waals surface area contributed by atoms with E-state index in [-0.39, 0.29) is 30.0 Å². The van der Waals surface area contributed by atoms with Crippen LogP contribution < -0.4 is 5.73 Å². The van der Waals surface area contributed by atoms with Crippen LogP contribution in [0.5, 0.6) is 5.75 Å². The Hall–Kier alpha value is -3.42. The lowest BCUT2D eigenvalue weighted by Crippen LogP contribution is -2.65. The number of Topliss-reactive ketones (excluding diaryl/α,β-unsaturated/α-hetero) is 2. The number of hydrogen-bond acceptors (Lipinski definition) is 9. The Morgan fingerprint density at radius 1 is 1.16 bits per heavy atom. The molecule has 0 aromatic heterocycles. The van der Waals surface area contributed by atoms with Crippen LogP contribution in [0, 0.1) is 17.3 Å². The van der Waals surface area contributed by atoms with Crippen molar-refractivity contribution < 1.29 is 48.0 Å². The van der Waals surface area contributed by atoms with E-state index in [9.17, 15) is 48.0 Å². The number of primary amides is 1. The summed E-state index contributed by atoms with van der Waals surface area (Å²) in [5, 5.41) is 45.0. The summed E-state index contributed by atoms with van der Waals surface area (Å²) in [5.41, 5.74) is -1.55. The number of phenolic OH excluding ortho intramolecular Hbond substituents is 1. The second-order valence-electron chi connectivity index (χ2n) is 13.3. The van der Waals surface area contributed by atoms with E-state index in [1.165, 1.54) is 19.0 Å². The van der Waals surface area contributed by atoms with E-state index in [1.54, 1.807) is 0 Å². The number of nitrogens with two attached hydrogens (primary N) is 1. The Morgan fingerprint density at radius 2 is 1.75 bits per heavy atom.